The lowest BCUT2D eigenvalue weighted by Gasteiger charge is -2.22. The van der Waals surface area contributed by atoms with Gasteiger partial charge in [0.15, 0.2) is 0 Å². The van der Waals surface area contributed by atoms with Crippen LogP contribution in [-0.4, -0.2) is 36.7 Å². The van der Waals surface area contributed by atoms with E-state index in [2.05, 4.69) is 0 Å². The number of carbonyl (C=O) groups is 1. The molecular formula is C13H17F3N2O2. The van der Waals surface area contributed by atoms with E-state index >= 15 is 0 Å². The molecule has 1 aromatic carbocycles. The van der Waals surface area contributed by atoms with Gasteiger partial charge in [-0.05, 0) is 19.1 Å². The second-order valence-corrected chi connectivity index (χ2v) is 4.19. The molecule has 0 spiro atoms. The highest BCUT2D eigenvalue weighted by atomic mass is 19.4. The number of nitrogen functional groups attached to an aromatic ring is 1. The van der Waals surface area contributed by atoms with E-state index in [0.717, 1.165) is 4.90 Å². The largest absolute Gasteiger partial charge is 0.493 e. The Kier molecular flexibility index (Phi) is 5.66. The van der Waals surface area contributed by atoms with Gasteiger partial charge < -0.3 is 15.4 Å². The minimum absolute atomic E-state index is 0.0105. The topological polar surface area (TPSA) is 55.6 Å². The van der Waals surface area contributed by atoms with Crippen molar-refractivity contribution in [1.82, 2.24) is 4.90 Å². The van der Waals surface area contributed by atoms with Crippen LogP contribution in [0.4, 0.5) is 18.9 Å². The summed E-state index contributed by atoms with van der Waals surface area (Å²) in [5, 5.41) is 0. The normalized spacial score (nSPS) is 11.2. The number of hydrogen-bond donors (Lipinski definition) is 1. The molecule has 112 valence electrons. The summed E-state index contributed by atoms with van der Waals surface area (Å²) >= 11 is 0. The van der Waals surface area contributed by atoms with E-state index in [4.69, 9.17) is 10.5 Å². The van der Waals surface area contributed by atoms with Crippen LogP contribution in [0.3, 0.4) is 0 Å². The van der Waals surface area contributed by atoms with Gasteiger partial charge in [-0.1, -0.05) is 6.07 Å². The molecule has 0 bridgehead atoms. The number of nitrogens with two attached hydrogens (primary N) is 1. The molecular weight excluding hydrogens is 273 g/mol. The summed E-state index contributed by atoms with van der Waals surface area (Å²) in [7, 11) is 0. The Morgan fingerprint density at radius 3 is 2.65 bits per heavy atom. The Hall–Kier alpha value is -1.92. The maximum atomic E-state index is 12.2. The van der Waals surface area contributed by atoms with E-state index in [1.807, 2.05) is 0 Å². The molecule has 0 saturated carbocycles. The van der Waals surface area contributed by atoms with Gasteiger partial charge in [-0.15, -0.1) is 0 Å². The van der Waals surface area contributed by atoms with Gasteiger partial charge in [0.2, 0.25) is 5.91 Å². The number of rotatable bonds is 6. The number of benzene rings is 1. The van der Waals surface area contributed by atoms with Gasteiger partial charge in [0.05, 0.1) is 13.0 Å². The lowest BCUT2D eigenvalue weighted by molar-refractivity contribution is -0.161. The van der Waals surface area contributed by atoms with Crippen LogP contribution in [0.25, 0.3) is 0 Å². The van der Waals surface area contributed by atoms with Gasteiger partial charge in [0.1, 0.15) is 12.3 Å². The van der Waals surface area contributed by atoms with Gasteiger partial charge in [0, 0.05) is 18.3 Å². The molecule has 0 aliphatic carbocycles. The molecule has 0 unspecified atom stereocenters. The van der Waals surface area contributed by atoms with Gasteiger partial charge in [-0.3, -0.25) is 4.79 Å². The molecule has 0 fully saturated rings. The van der Waals surface area contributed by atoms with Crippen molar-refractivity contribution in [2.75, 3.05) is 25.4 Å². The van der Waals surface area contributed by atoms with E-state index in [0.29, 0.717) is 11.4 Å². The summed E-state index contributed by atoms with van der Waals surface area (Å²) in [5.74, 6) is -0.106. The van der Waals surface area contributed by atoms with Crippen molar-refractivity contribution in [1.29, 1.82) is 0 Å². The molecule has 0 aromatic heterocycles. The first-order valence-electron chi connectivity index (χ1n) is 6.14. The second-order valence-electron chi connectivity index (χ2n) is 4.19. The second kappa shape index (κ2) is 7.02. The van der Waals surface area contributed by atoms with Crippen LogP contribution >= 0.6 is 0 Å². The number of ether oxygens (including phenoxy) is 1. The molecule has 0 radical (unpaired) electrons. The van der Waals surface area contributed by atoms with Gasteiger partial charge in [0.25, 0.3) is 0 Å². The number of amides is 1. The monoisotopic (exact) mass is 290 g/mol. The summed E-state index contributed by atoms with van der Waals surface area (Å²) in [6.45, 7) is 0.288. The fourth-order valence-electron chi connectivity index (χ4n) is 1.61. The van der Waals surface area contributed by atoms with E-state index in [9.17, 15) is 18.0 Å². The summed E-state index contributed by atoms with van der Waals surface area (Å²) in [6.07, 6.45) is -4.50. The van der Waals surface area contributed by atoms with Crippen molar-refractivity contribution < 1.29 is 22.7 Å². The summed E-state index contributed by atoms with van der Waals surface area (Å²) in [5.41, 5.74) is 6.06. The Bertz CT molecular complexity index is 449. The highest BCUT2D eigenvalue weighted by molar-refractivity contribution is 5.76. The van der Waals surface area contributed by atoms with E-state index in [1.54, 1.807) is 24.3 Å². The van der Waals surface area contributed by atoms with Crippen molar-refractivity contribution in [3.05, 3.63) is 24.3 Å². The highest BCUT2D eigenvalue weighted by Crippen LogP contribution is 2.17. The minimum atomic E-state index is -4.39. The van der Waals surface area contributed by atoms with E-state index in [-0.39, 0.29) is 19.6 Å². The van der Waals surface area contributed by atoms with Gasteiger partial charge in [-0.2, -0.15) is 13.2 Å². The van der Waals surface area contributed by atoms with Crippen LogP contribution in [0.1, 0.15) is 13.3 Å². The van der Waals surface area contributed by atoms with Crippen LogP contribution in [0.5, 0.6) is 5.75 Å². The quantitative estimate of drug-likeness (QED) is 0.819. The predicted molar refractivity (Wildman–Crippen MR) is 69.3 cm³/mol. The Morgan fingerprint density at radius 2 is 2.10 bits per heavy atom. The summed E-state index contributed by atoms with van der Waals surface area (Å²) in [4.78, 5) is 12.4. The number of hydrogen-bond acceptors (Lipinski definition) is 3. The smallest absolute Gasteiger partial charge is 0.406 e. The lowest BCUT2D eigenvalue weighted by Crippen LogP contribution is -2.39. The molecule has 2 N–H and O–H groups in total. The Balaban J connectivity index is 2.42. The zero-order valence-electron chi connectivity index (χ0n) is 11.1. The molecule has 0 heterocycles. The van der Waals surface area contributed by atoms with E-state index < -0.39 is 18.6 Å². The van der Waals surface area contributed by atoms with Crippen molar-refractivity contribution in [3.63, 3.8) is 0 Å². The van der Waals surface area contributed by atoms with Gasteiger partial charge in [-0.25, -0.2) is 0 Å². The highest BCUT2D eigenvalue weighted by Gasteiger charge is 2.32. The van der Waals surface area contributed by atoms with Crippen LogP contribution in [0.2, 0.25) is 0 Å². The number of carbonyl (C=O) groups excluding carboxylic acids is 1. The molecule has 1 rings (SSSR count). The SMILES string of the molecule is CCN(CC(F)(F)F)C(=O)CCOc1cccc(N)c1. The average Bonchev–Trinajstić information content (AvgIpc) is 2.34. The third kappa shape index (κ3) is 5.81. The van der Waals surface area contributed by atoms with Crippen LogP contribution < -0.4 is 10.5 Å². The third-order valence-corrected chi connectivity index (χ3v) is 2.55. The Morgan fingerprint density at radius 1 is 1.40 bits per heavy atom. The van der Waals surface area contributed by atoms with Crippen molar-refractivity contribution in [3.8, 4) is 5.75 Å². The van der Waals surface area contributed by atoms with Crippen LogP contribution in [0.15, 0.2) is 24.3 Å². The summed E-state index contributed by atoms with van der Waals surface area (Å²) in [6, 6.07) is 6.61. The molecule has 1 aromatic rings. The zero-order valence-corrected chi connectivity index (χ0v) is 11.1. The average molecular weight is 290 g/mol. The first-order chi connectivity index (χ1) is 9.31. The predicted octanol–water partition coefficient (Wildman–Crippen LogP) is 2.45. The lowest BCUT2D eigenvalue weighted by atomic mass is 10.3. The molecule has 0 aliphatic rings. The molecule has 4 nitrogen and oxygen atoms in total. The van der Waals surface area contributed by atoms with Crippen molar-refractivity contribution in [2.45, 2.75) is 19.5 Å². The fourth-order valence-corrected chi connectivity index (χ4v) is 1.61. The summed E-state index contributed by atoms with van der Waals surface area (Å²) < 4.78 is 42.0. The van der Waals surface area contributed by atoms with E-state index in [1.165, 1.54) is 6.92 Å². The molecule has 0 aliphatic heterocycles. The first-order valence-corrected chi connectivity index (χ1v) is 6.14. The van der Waals surface area contributed by atoms with Crippen LogP contribution in [-0.2, 0) is 4.79 Å². The van der Waals surface area contributed by atoms with Crippen molar-refractivity contribution in [2.24, 2.45) is 0 Å². The number of alkyl halides is 3. The molecule has 1 amide bonds. The maximum absolute atomic E-state index is 12.2. The molecule has 20 heavy (non-hydrogen) atoms. The molecule has 0 saturated heterocycles. The number of anilines is 1. The fraction of sp³-hybridized carbons (Fsp3) is 0.462. The Labute approximate surface area is 115 Å². The molecule has 7 heteroatoms. The van der Waals surface area contributed by atoms with Crippen molar-refractivity contribution >= 4 is 11.6 Å². The van der Waals surface area contributed by atoms with Gasteiger partial charge >= 0.3 is 6.18 Å². The molecule has 0 atom stereocenters. The minimum Gasteiger partial charge on any atom is -0.493 e. The zero-order chi connectivity index (χ0) is 15.2. The first kappa shape index (κ1) is 16.1. The number of halogens is 3. The van der Waals surface area contributed by atoms with Crippen LogP contribution in [0, 0.1) is 0 Å². The third-order valence-electron chi connectivity index (χ3n) is 2.55. The standard InChI is InChI=1S/C13H17F3N2O2/c1-2-18(9-13(14,15)16)12(19)6-7-20-11-5-3-4-10(17)8-11/h3-5,8H,2,6-7,9,17H2,1H3. The maximum Gasteiger partial charge on any atom is 0.406 e. The number of nitrogens with zero attached hydrogens (tertiary/aromatic N) is 1.